The predicted octanol–water partition coefficient (Wildman–Crippen LogP) is 2.87. The summed E-state index contributed by atoms with van der Waals surface area (Å²) in [4.78, 5) is 12.0. The molecule has 0 saturated heterocycles. The van der Waals surface area contributed by atoms with E-state index in [1.807, 2.05) is 44.2 Å². The van der Waals surface area contributed by atoms with Gasteiger partial charge in [0.25, 0.3) is 0 Å². The van der Waals surface area contributed by atoms with Gasteiger partial charge < -0.3 is 20.9 Å². The van der Waals surface area contributed by atoms with Gasteiger partial charge in [-0.25, -0.2) is 0 Å². The van der Waals surface area contributed by atoms with Crippen LogP contribution in [0.25, 0.3) is 0 Å². The lowest BCUT2D eigenvalue weighted by Crippen LogP contribution is -2.29. The number of nitrogen functional groups attached to an aromatic ring is 1. The summed E-state index contributed by atoms with van der Waals surface area (Å²) in [5, 5.41) is 13.0. The Morgan fingerprint density at radius 3 is 2.52 bits per heavy atom. The highest BCUT2D eigenvalue weighted by Crippen LogP contribution is 2.20. The van der Waals surface area contributed by atoms with E-state index in [9.17, 15) is 9.90 Å². The van der Waals surface area contributed by atoms with Crippen molar-refractivity contribution in [2.24, 2.45) is 0 Å². The van der Waals surface area contributed by atoms with Gasteiger partial charge in [0.05, 0.1) is 18.6 Å². The standard InChI is InChI=1S/C19H24N2O3.ClH/c1-13(2)24-17-5-3-4-15(11-17)18(22)12-21-19(23)10-14-6-8-16(20)9-7-14;/h3-9,11,13,18,22H,10,12,20H2,1-2H3,(H,21,23);1H. The molecule has 6 heteroatoms. The molecule has 2 rings (SSSR count). The van der Waals surface area contributed by atoms with Crippen LogP contribution < -0.4 is 15.8 Å². The molecular weight excluding hydrogens is 340 g/mol. The van der Waals surface area contributed by atoms with E-state index in [0.29, 0.717) is 17.0 Å². The minimum Gasteiger partial charge on any atom is -0.491 e. The molecule has 1 amide bonds. The zero-order valence-electron chi connectivity index (χ0n) is 14.4. The third-order valence-electron chi connectivity index (χ3n) is 3.45. The van der Waals surface area contributed by atoms with E-state index in [4.69, 9.17) is 10.5 Å². The molecule has 2 aromatic rings. The third kappa shape index (κ3) is 7.03. The van der Waals surface area contributed by atoms with Crippen molar-refractivity contribution in [1.82, 2.24) is 5.32 Å². The van der Waals surface area contributed by atoms with Crippen molar-refractivity contribution < 1.29 is 14.6 Å². The average molecular weight is 365 g/mol. The van der Waals surface area contributed by atoms with Gasteiger partial charge in [0, 0.05) is 12.2 Å². The number of amides is 1. The Labute approximate surface area is 154 Å². The maximum absolute atomic E-state index is 12.0. The number of nitrogens with two attached hydrogens (primary N) is 1. The Morgan fingerprint density at radius 2 is 1.88 bits per heavy atom. The van der Waals surface area contributed by atoms with Crippen LogP contribution in [-0.2, 0) is 11.2 Å². The highest BCUT2D eigenvalue weighted by atomic mass is 35.5. The summed E-state index contributed by atoms with van der Waals surface area (Å²) < 4.78 is 5.61. The highest BCUT2D eigenvalue weighted by molar-refractivity contribution is 5.85. The Morgan fingerprint density at radius 1 is 1.20 bits per heavy atom. The van der Waals surface area contributed by atoms with E-state index in [1.54, 1.807) is 18.2 Å². The molecule has 0 saturated carbocycles. The normalized spacial score (nSPS) is 11.5. The molecule has 2 aromatic carbocycles. The number of nitrogens with one attached hydrogen (secondary N) is 1. The summed E-state index contributed by atoms with van der Waals surface area (Å²) in [6.45, 7) is 4.04. The van der Waals surface area contributed by atoms with Gasteiger partial charge >= 0.3 is 0 Å². The summed E-state index contributed by atoms with van der Waals surface area (Å²) in [6.07, 6.45) is -0.461. The van der Waals surface area contributed by atoms with Crippen molar-refractivity contribution in [2.45, 2.75) is 32.5 Å². The number of ether oxygens (including phenoxy) is 1. The van der Waals surface area contributed by atoms with Crippen LogP contribution in [-0.4, -0.2) is 23.7 Å². The van der Waals surface area contributed by atoms with E-state index < -0.39 is 6.10 Å². The number of anilines is 1. The Bertz CT molecular complexity index is 675. The van der Waals surface area contributed by atoms with Gasteiger partial charge in [0.15, 0.2) is 0 Å². The fourth-order valence-corrected chi connectivity index (χ4v) is 2.28. The lowest BCUT2D eigenvalue weighted by atomic mass is 10.1. The van der Waals surface area contributed by atoms with Crippen LogP contribution in [0.3, 0.4) is 0 Å². The first-order valence-electron chi connectivity index (χ1n) is 8.00. The molecule has 1 unspecified atom stereocenters. The summed E-state index contributed by atoms with van der Waals surface area (Å²) in [6, 6.07) is 14.4. The number of carbonyl (C=O) groups excluding carboxylic acids is 1. The summed E-state index contributed by atoms with van der Waals surface area (Å²) >= 11 is 0. The SMILES string of the molecule is CC(C)Oc1cccc(C(O)CNC(=O)Cc2ccc(N)cc2)c1.Cl. The first kappa shape index (κ1) is 20.8. The van der Waals surface area contributed by atoms with Crippen molar-refractivity contribution in [2.75, 3.05) is 12.3 Å². The minimum atomic E-state index is -0.781. The van der Waals surface area contributed by atoms with Crippen LogP contribution in [0.4, 0.5) is 5.69 Å². The fourth-order valence-electron chi connectivity index (χ4n) is 2.28. The number of hydrogen-bond donors (Lipinski definition) is 3. The summed E-state index contributed by atoms with van der Waals surface area (Å²) in [5.74, 6) is 0.558. The molecule has 0 fully saturated rings. The van der Waals surface area contributed by atoms with Crippen LogP contribution in [0.1, 0.15) is 31.1 Å². The van der Waals surface area contributed by atoms with Crippen LogP contribution in [0, 0.1) is 0 Å². The van der Waals surface area contributed by atoms with Gasteiger partial charge in [-0.2, -0.15) is 0 Å². The largest absolute Gasteiger partial charge is 0.491 e. The van der Waals surface area contributed by atoms with E-state index in [-0.39, 0.29) is 37.4 Å². The molecule has 0 aliphatic rings. The van der Waals surface area contributed by atoms with Crippen molar-refractivity contribution >= 4 is 24.0 Å². The Hall–Kier alpha value is -2.24. The Kier molecular flexibility index (Phi) is 8.25. The van der Waals surface area contributed by atoms with Crippen LogP contribution in [0.5, 0.6) is 5.75 Å². The van der Waals surface area contributed by atoms with Crippen molar-refractivity contribution in [1.29, 1.82) is 0 Å². The molecule has 136 valence electrons. The number of halogens is 1. The fraction of sp³-hybridized carbons (Fsp3) is 0.316. The smallest absolute Gasteiger partial charge is 0.224 e. The zero-order valence-corrected chi connectivity index (χ0v) is 15.3. The number of benzene rings is 2. The summed E-state index contributed by atoms with van der Waals surface area (Å²) in [5.41, 5.74) is 7.87. The molecule has 25 heavy (non-hydrogen) atoms. The molecule has 1 atom stereocenters. The molecular formula is C19H25ClN2O3. The summed E-state index contributed by atoms with van der Waals surface area (Å²) in [7, 11) is 0. The first-order chi connectivity index (χ1) is 11.4. The monoisotopic (exact) mass is 364 g/mol. The van der Waals surface area contributed by atoms with Gasteiger partial charge in [-0.05, 0) is 49.2 Å². The molecule has 0 aromatic heterocycles. The van der Waals surface area contributed by atoms with Gasteiger partial charge in [0.2, 0.25) is 5.91 Å². The second-order valence-corrected chi connectivity index (χ2v) is 5.98. The van der Waals surface area contributed by atoms with Gasteiger partial charge in [-0.1, -0.05) is 24.3 Å². The number of carbonyl (C=O) groups is 1. The molecule has 0 radical (unpaired) electrons. The van der Waals surface area contributed by atoms with Gasteiger partial charge in [0.1, 0.15) is 5.75 Å². The maximum Gasteiger partial charge on any atom is 0.224 e. The van der Waals surface area contributed by atoms with Crippen molar-refractivity contribution in [3.63, 3.8) is 0 Å². The van der Waals surface area contributed by atoms with E-state index >= 15 is 0 Å². The topological polar surface area (TPSA) is 84.6 Å². The number of rotatable bonds is 7. The quantitative estimate of drug-likeness (QED) is 0.659. The van der Waals surface area contributed by atoms with Crippen molar-refractivity contribution in [3.05, 3.63) is 59.7 Å². The third-order valence-corrected chi connectivity index (χ3v) is 3.45. The van der Waals surface area contributed by atoms with E-state index in [0.717, 1.165) is 5.56 Å². The van der Waals surface area contributed by atoms with Crippen LogP contribution >= 0.6 is 12.4 Å². The molecule has 4 N–H and O–H groups in total. The molecule has 0 bridgehead atoms. The molecule has 0 aliphatic carbocycles. The van der Waals surface area contributed by atoms with E-state index in [1.165, 1.54) is 0 Å². The zero-order chi connectivity index (χ0) is 17.5. The molecule has 0 spiro atoms. The lowest BCUT2D eigenvalue weighted by Gasteiger charge is -2.15. The second-order valence-electron chi connectivity index (χ2n) is 5.98. The van der Waals surface area contributed by atoms with Gasteiger partial charge in [-0.3, -0.25) is 4.79 Å². The molecule has 0 heterocycles. The second kappa shape index (κ2) is 9.91. The average Bonchev–Trinajstić information content (AvgIpc) is 2.54. The predicted molar refractivity (Wildman–Crippen MR) is 102 cm³/mol. The lowest BCUT2D eigenvalue weighted by molar-refractivity contribution is -0.120. The number of aliphatic hydroxyl groups excluding tert-OH is 1. The minimum absolute atomic E-state index is 0. The van der Waals surface area contributed by atoms with Crippen LogP contribution in [0.15, 0.2) is 48.5 Å². The number of hydrogen-bond acceptors (Lipinski definition) is 4. The van der Waals surface area contributed by atoms with Gasteiger partial charge in [-0.15, -0.1) is 12.4 Å². The Balaban J connectivity index is 0.00000312. The maximum atomic E-state index is 12.0. The van der Waals surface area contributed by atoms with Crippen LogP contribution in [0.2, 0.25) is 0 Å². The van der Waals surface area contributed by atoms with Crippen molar-refractivity contribution in [3.8, 4) is 5.75 Å². The number of aliphatic hydroxyl groups is 1. The molecule has 0 aliphatic heterocycles. The molecule has 5 nitrogen and oxygen atoms in total. The van der Waals surface area contributed by atoms with E-state index in [2.05, 4.69) is 5.32 Å². The first-order valence-corrected chi connectivity index (χ1v) is 8.00. The highest BCUT2D eigenvalue weighted by Gasteiger charge is 2.11.